The van der Waals surface area contributed by atoms with Crippen LogP contribution in [0.25, 0.3) is 16.9 Å². The molecule has 0 spiro atoms. The third kappa shape index (κ3) is 4.31. The number of aromatic nitrogens is 3. The minimum Gasteiger partial charge on any atom is -0.347 e. The normalized spacial score (nSPS) is 10.5. The molecule has 8 heteroatoms. The van der Waals surface area contributed by atoms with Gasteiger partial charge in [-0.2, -0.15) is 10.4 Å². The maximum absolute atomic E-state index is 14.6. The van der Waals surface area contributed by atoms with Crippen LogP contribution in [0.1, 0.15) is 21.6 Å². The minimum atomic E-state index is -0.627. The van der Waals surface area contributed by atoms with Crippen LogP contribution in [-0.4, -0.2) is 20.7 Å². The summed E-state index contributed by atoms with van der Waals surface area (Å²) < 4.78 is 29.9. The number of amides is 1. The Labute approximate surface area is 176 Å². The zero-order chi connectivity index (χ0) is 21.8. The zero-order valence-corrected chi connectivity index (χ0v) is 16.1. The van der Waals surface area contributed by atoms with Gasteiger partial charge in [0.2, 0.25) is 0 Å². The van der Waals surface area contributed by atoms with E-state index in [4.69, 9.17) is 5.26 Å². The summed E-state index contributed by atoms with van der Waals surface area (Å²) in [7, 11) is 0. The molecule has 6 nitrogen and oxygen atoms in total. The van der Waals surface area contributed by atoms with Gasteiger partial charge in [0.15, 0.2) is 0 Å². The van der Waals surface area contributed by atoms with Crippen LogP contribution in [0.5, 0.6) is 0 Å². The van der Waals surface area contributed by atoms with Crippen LogP contribution >= 0.6 is 0 Å². The number of pyridine rings is 1. The van der Waals surface area contributed by atoms with Crippen molar-refractivity contribution in [2.45, 2.75) is 6.54 Å². The van der Waals surface area contributed by atoms with Gasteiger partial charge >= 0.3 is 0 Å². The SMILES string of the molecule is N#Cc1ccc(-c2ccn(-c3ccc(CNC(=O)c4ccccn4)c(F)c3)n2)cc1F. The molecule has 0 saturated carbocycles. The lowest BCUT2D eigenvalue weighted by atomic mass is 10.1. The summed E-state index contributed by atoms with van der Waals surface area (Å²) in [4.78, 5) is 16.0. The Morgan fingerprint density at radius 3 is 2.65 bits per heavy atom. The molecule has 0 fully saturated rings. The largest absolute Gasteiger partial charge is 0.347 e. The van der Waals surface area contributed by atoms with Crippen molar-refractivity contribution < 1.29 is 13.6 Å². The number of benzene rings is 2. The van der Waals surface area contributed by atoms with Crippen molar-refractivity contribution in [1.82, 2.24) is 20.1 Å². The molecule has 0 saturated heterocycles. The average Bonchev–Trinajstić information content (AvgIpc) is 3.29. The molecule has 1 amide bonds. The number of nitrogens with zero attached hydrogens (tertiary/aromatic N) is 4. The van der Waals surface area contributed by atoms with Crippen LogP contribution in [0.15, 0.2) is 73.1 Å². The molecule has 4 rings (SSSR count). The fourth-order valence-electron chi connectivity index (χ4n) is 2.97. The average molecular weight is 415 g/mol. The van der Waals surface area contributed by atoms with Gasteiger partial charge < -0.3 is 5.32 Å². The maximum Gasteiger partial charge on any atom is 0.270 e. The molecule has 0 bridgehead atoms. The standard InChI is InChI=1S/C23H15F2N5O/c24-19-11-15(4-5-16(19)13-26)21-8-10-30(29-21)18-7-6-17(20(25)12-18)14-28-23(31)22-3-1-2-9-27-22/h1-12H,14H2,(H,28,31). The van der Waals surface area contributed by atoms with Gasteiger partial charge in [-0.25, -0.2) is 13.5 Å². The van der Waals surface area contributed by atoms with Crippen molar-refractivity contribution >= 4 is 5.91 Å². The van der Waals surface area contributed by atoms with E-state index in [-0.39, 0.29) is 17.8 Å². The lowest BCUT2D eigenvalue weighted by molar-refractivity contribution is 0.0945. The highest BCUT2D eigenvalue weighted by molar-refractivity contribution is 5.92. The molecule has 0 aliphatic rings. The number of nitrogens with one attached hydrogen (secondary N) is 1. The topological polar surface area (TPSA) is 83.6 Å². The van der Waals surface area contributed by atoms with E-state index >= 15 is 0 Å². The minimum absolute atomic E-state index is 0.0103. The van der Waals surface area contributed by atoms with Gasteiger partial charge in [-0.1, -0.05) is 18.2 Å². The van der Waals surface area contributed by atoms with Crippen LogP contribution in [0.2, 0.25) is 0 Å². The van der Waals surface area contributed by atoms with E-state index in [1.54, 1.807) is 54.7 Å². The Kier molecular flexibility index (Phi) is 5.49. The van der Waals surface area contributed by atoms with Crippen molar-refractivity contribution in [3.8, 4) is 23.0 Å². The molecule has 0 aliphatic heterocycles. The quantitative estimate of drug-likeness (QED) is 0.534. The first-order chi connectivity index (χ1) is 15.0. The smallest absolute Gasteiger partial charge is 0.270 e. The first-order valence-corrected chi connectivity index (χ1v) is 9.29. The van der Waals surface area contributed by atoms with Crippen LogP contribution in [-0.2, 0) is 6.54 Å². The van der Waals surface area contributed by atoms with Crippen molar-refractivity contribution in [2.75, 3.05) is 0 Å². The van der Waals surface area contributed by atoms with E-state index in [2.05, 4.69) is 15.4 Å². The predicted molar refractivity (Wildman–Crippen MR) is 109 cm³/mol. The molecule has 1 N–H and O–H groups in total. The van der Waals surface area contributed by atoms with Crippen molar-refractivity contribution in [1.29, 1.82) is 5.26 Å². The third-order valence-corrected chi connectivity index (χ3v) is 4.61. The van der Waals surface area contributed by atoms with Crippen molar-refractivity contribution in [2.24, 2.45) is 0 Å². The first kappa shape index (κ1) is 19.9. The second-order valence-corrected chi connectivity index (χ2v) is 6.63. The Bertz CT molecular complexity index is 1300. The van der Waals surface area contributed by atoms with Crippen LogP contribution < -0.4 is 5.32 Å². The van der Waals surface area contributed by atoms with Crippen molar-refractivity contribution in [3.05, 3.63) is 102 Å². The molecule has 2 heterocycles. The van der Waals surface area contributed by atoms with Gasteiger partial charge in [-0.15, -0.1) is 0 Å². The molecule has 152 valence electrons. The number of nitriles is 1. The molecule has 2 aromatic heterocycles. The molecular weight excluding hydrogens is 400 g/mol. The van der Waals surface area contributed by atoms with E-state index in [0.717, 1.165) is 0 Å². The molecule has 0 unspecified atom stereocenters. The maximum atomic E-state index is 14.6. The van der Waals surface area contributed by atoms with Gasteiger partial charge in [0.05, 0.1) is 16.9 Å². The Balaban J connectivity index is 1.49. The zero-order valence-electron chi connectivity index (χ0n) is 16.1. The molecule has 4 aromatic rings. The lowest BCUT2D eigenvalue weighted by Crippen LogP contribution is -2.24. The van der Waals surface area contributed by atoms with Crippen LogP contribution in [0.3, 0.4) is 0 Å². The van der Waals surface area contributed by atoms with Crippen molar-refractivity contribution in [3.63, 3.8) is 0 Å². The van der Waals surface area contributed by atoms with E-state index in [1.807, 2.05) is 0 Å². The summed E-state index contributed by atoms with van der Waals surface area (Å²) in [6.07, 6.45) is 3.14. The third-order valence-electron chi connectivity index (χ3n) is 4.61. The number of carbonyl (C=O) groups is 1. The first-order valence-electron chi connectivity index (χ1n) is 9.29. The number of hydrogen-bond acceptors (Lipinski definition) is 4. The predicted octanol–water partition coefficient (Wildman–Crippen LogP) is 4.01. The summed E-state index contributed by atoms with van der Waals surface area (Å²) in [5, 5.41) is 15.8. The van der Waals surface area contributed by atoms with E-state index in [0.29, 0.717) is 22.5 Å². The monoisotopic (exact) mass is 415 g/mol. The lowest BCUT2D eigenvalue weighted by Gasteiger charge is -2.08. The number of hydrogen-bond donors (Lipinski definition) is 1. The van der Waals surface area contributed by atoms with Gasteiger partial charge in [0.1, 0.15) is 23.4 Å². The summed E-state index contributed by atoms with van der Waals surface area (Å²) in [5.41, 5.74) is 1.98. The Hall–Kier alpha value is -4.38. The highest BCUT2D eigenvalue weighted by atomic mass is 19.1. The highest BCUT2D eigenvalue weighted by Crippen LogP contribution is 2.22. The van der Waals surface area contributed by atoms with Gasteiger partial charge in [-0.3, -0.25) is 9.78 Å². The molecule has 31 heavy (non-hydrogen) atoms. The number of halogens is 2. The molecule has 2 aromatic carbocycles. The van der Waals surface area contributed by atoms with E-state index < -0.39 is 17.5 Å². The molecule has 0 atom stereocenters. The number of rotatable bonds is 5. The Morgan fingerprint density at radius 1 is 1.06 bits per heavy atom. The van der Waals surface area contributed by atoms with Gasteiger partial charge in [-0.05, 0) is 42.5 Å². The fraction of sp³-hybridized carbons (Fsp3) is 0.0435. The summed E-state index contributed by atoms with van der Waals surface area (Å²) in [6.45, 7) is 0.0103. The number of carbonyl (C=O) groups excluding carboxylic acids is 1. The van der Waals surface area contributed by atoms with Crippen LogP contribution in [0, 0.1) is 23.0 Å². The summed E-state index contributed by atoms with van der Waals surface area (Å²) in [5.74, 6) is -1.52. The molecular formula is C23H15F2N5O. The summed E-state index contributed by atoms with van der Waals surface area (Å²) >= 11 is 0. The highest BCUT2D eigenvalue weighted by Gasteiger charge is 2.11. The fourth-order valence-corrected chi connectivity index (χ4v) is 2.97. The van der Waals surface area contributed by atoms with Crippen LogP contribution in [0.4, 0.5) is 8.78 Å². The molecule has 0 aliphatic carbocycles. The summed E-state index contributed by atoms with van der Waals surface area (Å²) in [6, 6.07) is 17.2. The second-order valence-electron chi connectivity index (χ2n) is 6.63. The van der Waals surface area contributed by atoms with Gasteiger partial charge in [0, 0.05) is 30.1 Å². The second kappa shape index (κ2) is 8.55. The van der Waals surface area contributed by atoms with Gasteiger partial charge in [0.25, 0.3) is 5.91 Å². The van der Waals surface area contributed by atoms with E-state index in [9.17, 15) is 13.6 Å². The molecule has 0 radical (unpaired) electrons. The van der Waals surface area contributed by atoms with E-state index in [1.165, 1.54) is 29.1 Å². The Morgan fingerprint density at radius 2 is 1.94 bits per heavy atom.